The van der Waals surface area contributed by atoms with E-state index in [0.29, 0.717) is 0 Å². The van der Waals surface area contributed by atoms with Gasteiger partial charge in [0.15, 0.2) is 0 Å². The Labute approximate surface area is 151 Å². The van der Waals surface area contributed by atoms with E-state index in [1.807, 2.05) is 20.8 Å². The van der Waals surface area contributed by atoms with E-state index in [9.17, 15) is 15.3 Å². The molecule has 0 aromatic carbocycles. The van der Waals surface area contributed by atoms with Gasteiger partial charge in [0, 0.05) is 0 Å². The molecule has 0 bridgehead atoms. The van der Waals surface area contributed by atoms with Crippen molar-refractivity contribution in [2.45, 2.75) is 83.7 Å². The number of rotatable bonds is 6. The van der Waals surface area contributed by atoms with Gasteiger partial charge in [-0.15, -0.1) is 19.8 Å². The molecule has 0 aliphatic heterocycles. The normalized spacial score (nSPS) is 7.81. The molecule has 0 amide bonds. The van der Waals surface area contributed by atoms with Crippen molar-refractivity contribution in [3.05, 3.63) is 0 Å². The topological polar surface area (TPSA) is 69.2 Å². The molecule has 0 radical (unpaired) electrons. The quantitative estimate of drug-likeness (QED) is 0.695. The maximum absolute atomic E-state index is 9.53. The Kier molecular flexibility index (Phi) is 93.2. The first kappa shape index (κ1) is 33.5. The molecular weight excluding hydrogens is 294 g/mol. The standard InChI is InChI=1S/3C4H9O.2C2H5.2Al/c3*1-2-3-4-5;2*1-2;;/h3*2-4H2,1H3;2*1H2,2H3;;/q3*-1;;;2*+2. The Bertz CT molecular complexity index is 75.3. The Balaban J connectivity index is -0.0000000519. The van der Waals surface area contributed by atoms with Gasteiger partial charge in [-0.05, 0) is 0 Å². The number of hydrogen-bond donors (Lipinski definition) is 0. The van der Waals surface area contributed by atoms with E-state index < -0.39 is 0 Å². The van der Waals surface area contributed by atoms with E-state index in [1.54, 1.807) is 0 Å². The van der Waals surface area contributed by atoms with Gasteiger partial charge in [0.2, 0.25) is 0 Å². The van der Waals surface area contributed by atoms with Gasteiger partial charge in [0.1, 0.15) is 0 Å². The zero-order chi connectivity index (χ0) is 17.8. The van der Waals surface area contributed by atoms with Crippen LogP contribution in [0.4, 0.5) is 0 Å². The predicted octanol–water partition coefficient (Wildman–Crippen LogP) is 1.63. The summed E-state index contributed by atoms with van der Waals surface area (Å²) in [5, 5.41) is 30.9. The molecule has 0 atom stereocenters. The van der Waals surface area contributed by atoms with Gasteiger partial charge in [0.25, 0.3) is 0 Å². The molecule has 0 aliphatic rings. The average Bonchev–Trinajstić information content (AvgIpc) is 2.44. The predicted molar refractivity (Wildman–Crippen MR) is 91.8 cm³/mol. The second kappa shape index (κ2) is 58.4. The SMILES string of the molecule is CCCC[O-].CCCC[O-].CCCC[O-].C[CH2][Al+2].C[CH2][Al+2]. The van der Waals surface area contributed by atoms with Gasteiger partial charge in [-0.2, -0.15) is 0 Å². The molecule has 0 aliphatic carbocycles. The van der Waals surface area contributed by atoms with E-state index in [-0.39, 0.29) is 19.8 Å². The van der Waals surface area contributed by atoms with Crippen LogP contribution in [0.25, 0.3) is 0 Å². The van der Waals surface area contributed by atoms with Crippen LogP contribution in [-0.2, 0) is 0 Å². The molecule has 3 nitrogen and oxygen atoms in total. The van der Waals surface area contributed by atoms with Crippen molar-refractivity contribution in [2.75, 3.05) is 19.8 Å². The second-order valence-electron chi connectivity index (χ2n) is 3.99. The molecule has 0 heterocycles. The fourth-order valence-electron chi connectivity index (χ4n) is 0.433. The summed E-state index contributed by atoms with van der Waals surface area (Å²) < 4.78 is 0. The van der Waals surface area contributed by atoms with Gasteiger partial charge >= 0.3 is 57.0 Å². The second-order valence-corrected chi connectivity index (χ2v) is 5.62. The third-order valence-corrected chi connectivity index (χ3v) is 1.49. The summed E-state index contributed by atoms with van der Waals surface area (Å²) in [6.07, 6.45) is 5.59. The zero-order valence-electron chi connectivity index (χ0n) is 15.2. The van der Waals surface area contributed by atoms with Crippen molar-refractivity contribution in [1.29, 1.82) is 0 Å². The van der Waals surface area contributed by atoms with Crippen LogP contribution >= 0.6 is 0 Å². The summed E-state index contributed by atoms with van der Waals surface area (Å²) in [6, 6.07) is 0. The first-order valence-corrected chi connectivity index (χ1v) is 9.85. The fraction of sp³-hybridized carbons (Fsp3) is 1.00. The van der Waals surface area contributed by atoms with Crippen LogP contribution in [0.2, 0.25) is 10.6 Å². The summed E-state index contributed by atoms with van der Waals surface area (Å²) in [6.45, 7) is 10.5. The maximum atomic E-state index is 9.53. The Morgan fingerprint density at radius 2 is 0.667 bits per heavy atom. The molecule has 0 saturated carbocycles. The van der Waals surface area contributed by atoms with Gasteiger partial charge in [-0.3, -0.25) is 0 Å². The third kappa shape index (κ3) is 156. The molecule has 5 heteroatoms. The van der Waals surface area contributed by atoms with E-state index in [2.05, 4.69) is 46.4 Å². The van der Waals surface area contributed by atoms with E-state index in [0.717, 1.165) is 38.5 Å². The van der Waals surface area contributed by atoms with Crippen LogP contribution in [0.5, 0.6) is 0 Å². The zero-order valence-corrected chi connectivity index (χ0v) is 17.5. The van der Waals surface area contributed by atoms with E-state index in [4.69, 9.17) is 0 Å². The number of hydrogen-bond acceptors (Lipinski definition) is 3. The van der Waals surface area contributed by atoms with E-state index >= 15 is 0 Å². The summed E-state index contributed by atoms with van der Waals surface area (Å²) >= 11 is 5.16. The van der Waals surface area contributed by atoms with Crippen molar-refractivity contribution in [2.24, 2.45) is 0 Å². The molecule has 0 fully saturated rings. The van der Waals surface area contributed by atoms with Crippen LogP contribution in [0.1, 0.15) is 73.1 Å². The Morgan fingerprint density at radius 3 is 0.667 bits per heavy atom. The van der Waals surface area contributed by atoms with Gasteiger partial charge < -0.3 is 15.3 Å². The van der Waals surface area contributed by atoms with Crippen molar-refractivity contribution in [3.63, 3.8) is 0 Å². The molecule has 0 aromatic rings. The average molecular weight is 331 g/mol. The Hall–Kier alpha value is 0.945. The summed E-state index contributed by atoms with van der Waals surface area (Å²) in [5.74, 6) is 0. The van der Waals surface area contributed by atoms with Crippen molar-refractivity contribution >= 4 is 32.6 Å². The first-order chi connectivity index (χ1) is 10.1. The Morgan fingerprint density at radius 1 is 0.524 bits per heavy atom. The van der Waals surface area contributed by atoms with E-state index in [1.165, 1.54) is 10.6 Å². The minimum absolute atomic E-state index is 0.0938. The summed E-state index contributed by atoms with van der Waals surface area (Å²) in [4.78, 5) is 0. The first-order valence-electron chi connectivity index (χ1n) is 8.22. The fourth-order valence-corrected chi connectivity index (χ4v) is 0.433. The van der Waals surface area contributed by atoms with Gasteiger partial charge in [-0.25, -0.2) is 0 Å². The monoisotopic (exact) mass is 331 g/mol. The molecule has 0 rings (SSSR count). The molecular formula is C16H37Al2O3+. The van der Waals surface area contributed by atoms with Crippen LogP contribution < -0.4 is 15.3 Å². The molecule has 21 heavy (non-hydrogen) atoms. The van der Waals surface area contributed by atoms with Crippen LogP contribution in [0.3, 0.4) is 0 Å². The summed E-state index contributed by atoms with van der Waals surface area (Å²) in [7, 11) is 0. The molecule has 0 unspecified atom stereocenters. The molecule has 0 spiro atoms. The minimum atomic E-state index is 0.0938. The van der Waals surface area contributed by atoms with Crippen LogP contribution in [0.15, 0.2) is 0 Å². The van der Waals surface area contributed by atoms with Crippen molar-refractivity contribution in [1.82, 2.24) is 0 Å². The molecule has 0 aromatic heterocycles. The molecule has 124 valence electrons. The van der Waals surface area contributed by atoms with Crippen LogP contribution in [0, 0.1) is 0 Å². The third-order valence-electron chi connectivity index (χ3n) is 1.49. The van der Waals surface area contributed by atoms with Gasteiger partial charge in [-0.1, -0.05) is 59.3 Å². The van der Waals surface area contributed by atoms with Crippen molar-refractivity contribution < 1.29 is 15.3 Å². The molecule has 0 saturated heterocycles. The van der Waals surface area contributed by atoms with Crippen LogP contribution in [-0.4, -0.2) is 52.4 Å². The van der Waals surface area contributed by atoms with Crippen molar-refractivity contribution in [3.8, 4) is 0 Å². The summed E-state index contributed by atoms with van der Waals surface area (Å²) in [5.41, 5.74) is 0. The van der Waals surface area contributed by atoms with Gasteiger partial charge in [0.05, 0.1) is 0 Å². The molecule has 0 N–H and O–H groups in total. The number of unbranched alkanes of at least 4 members (excludes halogenated alkanes) is 3.